The molecule has 6 nitrogen and oxygen atoms in total. The minimum atomic E-state index is -0.318. The Balaban J connectivity index is 0.000000295. The van der Waals surface area contributed by atoms with Gasteiger partial charge < -0.3 is 14.0 Å². The van der Waals surface area contributed by atoms with Gasteiger partial charge >= 0.3 is 7.12 Å². The number of ether oxygens (including phenoxy) is 1. The van der Waals surface area contributed by atoms with E-state index in [1.54, 1.807) is 10.9 Å². The minimum absolute atomic E-state index is 0.284. The van der Waals surface area contributed by atoms with Crippen molar-refractivity contribution in [2.45, 2.75) is 65.3 Å². The van der Waals surface area contributed by atoms with Crippen LogP contribution in [0.15, 0.2) is 12.4 Å². The van der Waals surface area contributed by atoms with Gasteiger partial charge in [-0.3, -0.25) is 9.48 Å². The average molecular weight is 310 g/mol. The first kappa shape index (κ1) is 18.7. The van der Waals surface area contributed by atoms with Crippen LogP contribution < -0.4 is 5.46 Å². The van der Waals surface area contributed by atoms with Crippen molar-refractivity contribution >= 4 is 19.1 Å². The summed E-state index contributed by atoms with van der Waals surface area (Å²) >= 11 is 0. The summed E-state index contributed by atoms with van der Waals surface area (Å²) < 4.78 is 18.1. The number of hydrogen-bond donors (Lipinski definition) is 0. The van der Waals surface area contributed by atoms with E-state index >= 15 is 0 Å². The highest BCUT2D eigenvalue weighted by Gasteiger charge is 2.52. The number of aryl methyl sites for hydroxylation is 1. The molecule has 0 spiro atoms. The molecular weight excluding hydrogens is 283 g/mol. The number of carbonyl (C=O) groups is 1. The van der Waals surface area contributed by atoms with Gasteiger partial charge in [-0.05, 0) is 48.5 Å². The van der Waals surface area contributed by atoms with Crippen LogP contribution in [-0.4, -0.2) is 40.2 Å². The van der Waals surface area contributed by atoms with Crippen LogP contribution in [0, 0.1) is 0 Å². The third-order valence-electron chi connectivity index (χ3n) is 3.65. The van der Waals surface area contributed by atoms with Gasteiger partial charge in [-0.25, -0.2) is 0 Å². The Hall–Kier alpha value is -1.34. The molecule has 124 valence electrons. The van der Waals surface area contributed by atoms with Crippen molar-refractivity contribution in [1.29, 1.82) is 0 Å². The van der Waals surface area contributed by atoms with Crippen LogP contribution in [0.2, 0.25) is 0 Å². The van der Waals surface area contributed by atoms with Gasteiger partial charge in [0.25, 0.3) is 6.47 Å². The van der Waals surface area contributed by atoms with Crippen molar-refractivity contribution in [2.75, 3.05) is 0 Å². The maximum absolute atomic E-state index is 9.60. The van der Waals surface area contributed by atoms with Gasteiger partial charge in [0.2, 0.25) is 0 Å². The Morgan fingerprint density at radius 3 is 2.00 bits per heavy atom. The van der Waals surface area contributed by atoms with Crippen LogP contribution in [0.25, 0.3) is 0 Å². The molecular formula is C15H27BN2O4. The average Bonchev–Trinajstić information content (AvgIpc) is 2.81. The molecule has 2 rings (SSSR count). The fourth-order valence-electron chi connectivity index (χ4n) is 1.69. The molecule has 0 saturated carbocycles. The molecule has 0 aliphatic carbocycles. The van der Waals surface area contributed by atoms with Gasteiger partial charge in [0.05, 0.1) is 11.2 Å². The summed E-state index contributed by atoms with van der Waals surface area (Å²) in [5.41, 5.74) is 0.0825. The monoisotopic (exact) mass is 310 g/mol. The molecule has 7 heteroatoms. The molecule has 0 bridgehead atoms. The van der Waals surface area contributed by atoms with E-state index in [1.165, 1.54) is 0 Å². The second kappa shape index (κ2) is 6.42. The van der Waals surface area contributed by atoms with Crippen molar-refractivity contribution in [3.63, 3.8) is 0 Å². The maximum Gasteiger partial charge on any atom is 0.498 e. The Labute approximate surface area is 133 Å². The largest absolute Gasteiger partial charge is 0.498 e. The molecule has 1 aromatic rings. The Bertz CT molecular complexity index is 490. The molecule has 1 aromatic heterocycles. The molecule has 1 saturated heterocycles. The lowest BCUT2D eigenvalue weighted by molar-refractivity contribution is -0.138. The maximum atomic E-state index is 9.60. The highest BCUT2D eigenvalue weighted by Crippen LogP contribution is 2.36. The van der Waals surface area contributed by atoms with Crippen LogP contribution >= 0.6 is 0 Å². The third kappa shape index (κ3) is 4.85. The topological polar surface area (TPSA) is 62.6 Å². The van der Waals surface area contributed by atoms with E-state index in [9.17, 15) is 4.79 Å². The van der Waals surface area contributed by atoms with Crippen molar-refractivity contribution in [3.8, 4) is 0 Å². The molecule has 22 heavy (non-hydrogen) atoms. The second-order valence-corrected chi connectivity index (χ2v) is 7.36. The molecule has 0 unspecified atom stereocenters. The Kier molecular flexibility index (Phi) is 5.46. The van der Waals surface area contributed by atoms with Gasteiger partial charge in [0.1, 0.15) is 5.60 Å². The minimum Gasteiger partial charge on any atom is -0.462 e. The molecule has 1 fully saturated rings. The van der Waals surface area contributed by atoms with Crippen LogP contribution in [0.1, 0.15) is 48.5 Å². The van der Waals surface area contributed by atoms with Crippen LogP contribution in [0.5, 0.6) is 0 Å². The summed E-state index contributed by atoms with van der Waals surface area (Å²) in [6, 6.07) is 0. The van der Waals surface area contributed by atoms with Gasteiger partial charge in [-0.2, -0.15) is 5.10 Å². The lowest BCUT2D eigenvalue weighted by Crippen LogP contribution is -2.41. The van der Waals surface area contributed by atoms with Gasteiger partial charge in [0, 0.05) is 24.9 Å². The fraction of sp³-hybridized carbons (Fsp3) is 0.733. The Morgan fingerprint density at radius 1 is 1.23 bits per heavy atom. The van der Waals surface area contributed by atoms with E-state index in [0.29, 0.717) is 6.47 Å². The van der Waals surface area contributed by atoms with E-state index in [1.807, 2.05) is 61.7 Å². The number of hydrogen-bond acceptors (Lipinski definition) is 5. The molecule has 0 radical (unpaired) electrons. The summed E-state index contributed by atoms with van der Waals surface area (Å²) in [4.78, 5) is 9.60. The van der Waals surface area contributed by atoms with Crippen molar-refractivity contribution in [2.24, 2.45) is 7.05 Å². The van der Waals surface area contributed by atoms with Crippen molar-refractivity contribution in [3.05, 3.63) is 12.4 Å². The van der Waals surface area contributed by atoms with Crippen molar-refractivity contribution in [1.82, 2.24) is 9.78 Å². The normalized spacial score (nSPS) is 19.4. The summed E-state index contributed by atoms with van der Waals surface area (Å²) in [7, 11) is 1.58. The SMILES string of the molecule is CC(C)(C)OC=O.Cn1cc(B2OC(C)(C)C(C)(C)O2)cn1. The van der Waals surface area contributed by atoms with Gasteiger partial charge in [0.15, 0.2) is 0 Å². The quantitative estimate of drug-likeness (QED) is 0.614. The van der Waals surface area contributed by atoms with Crippen LogP contribution in [0.4, 0.5) is 0 Å². The van der Waals surface area contributed by atoms with Gasteiger partial charge in [-0.1, -0.05) is 0 Å². The van der Waals surface area contributed by atoms with E-state index in [0.717, 1.165) is 5.46 Å². The summed E-state index contributed by atoms with van der Waals surface area (Å²) in [6.07, 6.45) is 3.70. The van der Waals surface area contributed by atoms with Crippen LogP contribution in [-0.2, 0) is 25.9 Å². The molecule has 0 amide bonds. The first-order valence-electron chi connectivity index (χ1n) is 7.33. The Morgan fingerprint density at radius 2 is 1.73 bits per heavy atom. The lowest BCUT2D eigenvalue weighted by Gasteiger charge is -2.32. The zero-order valence-corrected chi connectivity index (χ0v) is 14.8. The zero-order valence-electron chi connectivity index (χ0n) is 14.8. The van der Waals surface area contributed by atoms with Crippen LogP contribution in [0.3, 0.4) is 0 Å². The summed E-state index contributed by atoms with van der Waals surface area (Å²) in [6.45, 7) is 14.1. The molecule has 1 aliphatic heterocycles. The molecule has 0 N–H and O–H groups in total. The summed E-state index contributed by atoms with van der Waals surface area (Å²) in [5, 5.41) is 4.11. The molecule has 1 aliphatic rings. The highest BCUT2D eigenvalue weighted by molar-refractivity contribution is 6.61. The fourth-order valence-corrected chi connectivity index (χ4v) is 1.69. The highest BCUT2D eigenvalue weighted by atomic mass is 16.7. The number of rotatable bonds is 2. The van der Waals surface area contributed by atoms with E-state index in [4.69, 9.17) is 9.31 Å². The van der Waals surface area contributed by atoms with E-state index < -0.39 is 0 Å². The molecule has 2 heterocycles. The predicted molar refractivity (Wildman–Crippen MR) is 85.8 cm³/mol. The first-order valence-corrected chi connectivity index (χ1v) is 7.33. The lowest BCUT2D eigenvalue weighted by atomic mass is 9.82. The zero-order chi connectivity index (χ0) is 17.2. The smallest absolute Gasteiger partial charge is 0.462 e. The third-order valence-corrected chi connectivity index (χ3v) is 3.65. The van der Waals surface area contributed by atoms with Crippen molar-refractivity contribution < 1.29 is 18.8 Å². The summed E-state index contributed by atoms with van der Waals surface area (Å²) in [5.74, 6) is 0. The first-order chi connectivity index (χ1) is 9.88. The number of aromatic nitrogens is 2. The number of carbonyl (C=O) groups excluding carboxylic acids is 1. The van der Waals surface area contributed by atoms with E-state index in [2.05, 4.69) is 9.84 Å². The molecule has 0 aromatic carbocycles. The van der Waals surface area contributed by atoms with Gasteiger partial charge in [-0.15, -0.1) is 0 Å². The molecule has 0 atom stereocenters. The van der Waals surface area contributed by atoms with E-state index in [-0.39, 0.29) is 23.9 Å². The predicted octanol–water partition coefficient (Wildman–Crippen LogP) is 1.68. The standard InChI is InChI=1S/C10H17BN2O2.C5H10O2/c1-9(2)10(3,4)15-11(14-9)8-6-12-13(5)7-8;1-5(2,3)7-4-6/h6-7H,1-5H3;4H,1-3H3. The number of nitrogens with zero attached hydrogens (tertiary/aromatic N) is 2. The second-order valence-electron chi connectivity index (χ2n) is 7.36.